The second-order valence-electron chi connectivity index (χ2n) is 4.56. The highest BCUT2D eigenvalue weighted by Gasteiger charge is 2.22. The van der Waals surface area contributed by atoms with Crippen LogP contribution < -0.4 is 11.1 Å². The molecule has 0 saturated carbocycles. The third-order valence-corrected chi connectivity index (χ3v) is 3.11. The molecular formula is C14H18N2O2. The molecule has 1 aliphatic carbocycles. The molecule has 0 heterocycles. The van der Waals surface area contributed by atoms with E-state index in [1.807, 2.05) is 42.5 Å². The van der Waals surface area contributed by atoms with Gasteiger partial charge in [-0.05, 0) is 12.0 Å². The van der Waals surface area contributed by atoms with E-state index in [0.29, 0.717) is 6.42 Å². The van der Waals surface area contributed by atoms with Crippen molar-refractivity contribution in [2.45, 2.75) is 18.6 Å². The molecule has 3 unspecified atom stereocenters. The van der Waals surface area contributed by atoms with Gasteiger partial charge < -0.3 is 16.2 Å². The fourth-order valence-corrected chi connectivity index (χ4v) is 2.04. The normalized spacial score (nSPS) is 23.9. The van der Waals surface area contributed by atoms with Crippen LogP contribution in [0.5, 0.6) is 0 Å². The number of hydrogen-bond donors (Lipinski definition) is 3. The van der Waals surface area contributed by atoms with Crippen molar-refractivity contribution in [3.8, 4) is 0 Å². The standard InChI is InChI=1S/C14H18N2O2/c15-12-7-6-11(8-12)14(18)16-9-13(17)10-4-2-1-3-5-10/h1-7,11-13,17H,8-9,15H2,(H,16,18). The highest BCUT2D eigenvalue weighted by atomic mass is 16.3. The van der Waals surface area contributed by atoms with Gasteiger partial charge in [-0.15, -0.1) is 0 Å². The zero-order chi connectivity index (χ0) is 13.0. The molecule has 0 spiro atoms. The molecule has 1 aromatic carbocycles. The van der Waals surface area contributed by atoms with Crippen molar-refractivity contribution in [3.63, 3.8) is 0 Å². The van der Waals surface area contributed by atoms with Gasteiger partial charge in [0.15, 0.2) is 0 Å². The van der Waals surface area contributed by atoms with Crippen LogP contribution in [0.2, 0.25) is 0 Å². The number of rotatable bonds is 4. The van der Waals surface area contributed by atoms with Gasteiger partial charge in [0.05, 0.1) is 12.0 Å². The maximum atomic E-state index is 11.8. The van der Waals surface area contributed by atoms with Gasteiger partial charge in [-0.3, -0.25) is 4.79 Å². The van der Waals surface area contributed by atoms with Crippen LogP contribution in [0.3, 0.4) is 0 Å². The van der Waals surface area contributed by atoms with Crippen LogP contribution in [0.25, 0.3) is 0 Å². The summed E-state index contributed by atoms with van der Waals surface area (Å²) in [6, 6.07) is 9.25. The van der Waals surface area contributed by atoms with Crippen LogP contribution >= 0.6 is 0 Å². The quantitative estimate of drug-likeness (QED) is 0.686. The lowest BCUT2D eigenvalue weighted by Crippen LogP contribution is -2.33. The van der Waals surface area contributed by atoms with E-state index in [4.69, 9.17) is 5.73 Å². The van der Waals surface area contributed by atoms with Crippen LogP contribution in [-0.4, -0.2) is 23.6 Å². The number of hydrogen-bond acceptors (Lipinski definition) is 3. The Kier molecular flexibility index (Phi) is 4.12. The van der Waals surface area contributed by atoms with E-state index in [0.717, 1.165) is 5.56 Å². The second-order valence-corrected chi connectivity index (χ2v) is 4.56. The van der Waals surface area contributed by atoms with Gasteiger partial charge in [0.25, 0.3) is 0 Å². The van der Waals surface area contributed by atoms with Crippen molar-refractivity contribution in [2.75, 3.05) is 6.54 Å². The zero-order valence-corrected chi connectivity index (χ0v) is 10.1. The van der Waals surface area contributed by atoms with E-state index in [2.05, 4.69) is 5.32 Å². The Hall–Kier alpha value is -1.65. The molecule has 18 heavy (non-hydrogen) atoms. The predicted octanol–water partition coefficient (Wildman–Crippen LogP) is 0.740. The van der Waals surface area contributed by atoms with E-state index in [-0.39, 0.29) is 24.4 Å². The molecule has 2 rings (SSSR count). The molecule has 0 bridgehead atoms. The minimum Gasteiger partial charge on any atom is -0.387 e. The lowest BCUT2D eigenvalue weighted by atomic mass is 10.1. The summed E-state index contributed by atoms with van der Waals surface area (Å²) in [6.45, 7) is 0.225. The number of aliphatic hydroxyl groups excluding tert-OH is 1. The minimum absolute atomic E-state index is 0.0280. The summed E-state index contributed by atoms with van der Waals surface area (Å²) in [5.41, 5.74) is 6.50. The molecule has 0 saturated heterocycles. The van der Waals surface area contributed by atoms with Crippen molar-refractivity contribution in [3.05, 3.63) is 48.0 Å². The smallest absolute Gasteiger partial charge is 0.227 e. The van der Waals surface area contributed by atoms with Crippen molar-refractivity contribution < 1.29 is 9.90 Å². The first-order chi connectivity index (χ1) is 8.66. The molecule has 4 heteroatoms. The Morgan fingerprint density at radius 3 is 2.72 bits per heavy atom. The van der Waals surface area contributed by atoms with Crippen LogP contribution in [0, 0.1) is 5.92 Å². The van der Waals surface area contributed by atoms with Crippen LogP contribution in [0.1, 0.15) is 18.1 Å². The summed E-state index contributed by atoms with van der Waals surface area (Å²) in [5.74, 6) is -0.239. The van der Waals surface area contributed by atoms with Crippen molar-refractivity contribution in [1.82, 2.24) is 5.32 Å². The third kappa shape index (κ3) is 3.18. The molecular weight excluding hydrogens is 228 g/mol. The first-order valence-electron chi connectivity index (χ1n) is 6.11. The Morgan fingerprint density at radius 2 is 2.11 bits per heavy atom. The molecule has 0 aliphatic heterocycles. The Labute approximate surface area is 107 Å². The maximum Gasteiger partial charge on any atom is 0.227 e. The first kappa shape index (κ1) is 12.8. The largest absolute Gasteiger partial charge is 0.387 e. The van der Waals surface area contributed by atoms with Gasteiger partial charge in [0, 0.05) is 12.6 Å². The molecule has 96 valence electrons. The summed E-state index contributed by atoms with van der Waals surface area (Å²) in [4.78, 5) is 11.8. The average Bonchev–Trinajstić information content (AvgIpc) is 2.83. The monoisotopic (exact) mass is 246 g/mol. The number of carbonyl (C=O) groups is 1. The number of benzene rings is 1. The topological polar surface area (TPSA) is 75.4 Å². The SMILES string of the molecule is NC1C=CC(C(=O)NCC(O)c2ccccc2)C1. The maximum absolute atomic E-state index is 11.8. The molecule has 1 aliphatic rings. The Balaban J connectivity index is 1.81. The van der Waals surface area contributed by atoms with Crippen LogP contribution in [0.4, 0.5) is 0 Å². The third-order valence-electron chi connectivity index (χ3n) is 3.11. The Morgan fingerprint density at radius 1 is 1.39 bits per heavy atom. The highest BCUT2D eigenvalue weighted by Crippen LogP contribution is 2.17. The predicted molar refractivity (Wildman–Crippen MR) is 69.6 cm³/mol. The van der Waals surface area contributed by atoms with Crippen molar-refractivity contribution in [1.29, 1.82) is 0 Å². The van der Waals surface area contributed by atoms with Crippen molar-refractivity contribution in [2.24, 2.45) is 11.7 Å². The van der Waals surface area contributed by atoms with E-state index >= 15 is 0 Å². The number of aliphatic hydroxyl groups is 1. The lowest BCUT2D eigenvalue weighted by Gasteiger charge is -2.14. The summed E-state index contributed by atoms with van der Waals surface area (Å²) < 4.78 is 0. The molecule has 0 radical (unpaired) electrons. The molecule has 0 fully saturated rings. The van der Waals surface area contributed by atoms with Crippen LogP contribution in [0.15, 0.2) is 42.5 Å². The highest BCUT2D eigenvalue weighted by molar-refractivity contribution is 5.81. The fraction of sp³-hybridized carbons (Fsp3) is 0.357. The lowest BCUT2D eigenvalue weighted by molar-refractivity contribution is -0.124. The average molecular weight is 246 g/mol. The van der Waals surface area contributed by atoms with Crippen LogP contribution in [-0.2, 0) is 4.79 Å². The van der Waals surface area contributed by atoms with Gasteiger partial charge >= 0.3 is 0 Å². The summed E-state index contributed by atoms with van der Waals surface area (Å²) >= 11 is 0. The second kappa shape index (κ2) is 5.80. The van der Waals surface area contributed by atoms with E-state index in [1.54, 1.807) is 0 Å². The zero-order valence-electron chi connectivity index (χ0n) is 10.1. The summed E-state index contributed by atoms with van der Waals surface area (Å²) in [7, 11) is 0. The van der Waals surface area contributed by atoms with E-state index in [9.17, 15) is 9.90 Å². The minimum atomic E-state index is -0.672. The number of nitrogens with two attached hydrogens (primary N) is 1. The van der Waals surface area contributed by atoms with Gasteiger partial charge in [-0.1, -0.05) is 42.5 Å². The number of carbonyl (C=O) groups excluding carboxylic acids is 1. The van der Waals surface area contributed by atoms with Gasteiger partial charge in [0.2, 0.25) is 5.91 Å². The Bertz CT molecular complexity index is 431. The summed E-state index contributed by atoms with van der Waals surface area (Å²) in [6.07, 6.45) is 3.65. The van der Waals surface area contributed by atoms with Crippen molar-refractivity contribution >= 4 is 5.91 Å². The molecule has 0 aromatic heterocycles. The fourth-order valence-electron chi connectivity index (χ4n) is 2.04. The molecule has 1 aromatic rings. The molecule has 1 amide bonds. The number of amides is 1. The molecule has 4 N–H and O–H groups in total. The van der Waals surface area contributed by atoms with E-state index < -0.39 is 6.10 Å². The van der Waals surface area contributed by atoms with Gasteiger partial charge in [0.1, 0.15) is 0 Å². The number of nitrogens with one attached hydrogen (secondary N) is 1. The van der Waals surface area contributed by atoms with E-state index in [1.165, 1.54) is 0 Å². The first-order valence-corrected chi connectivity index (χ1v) is 6.11. The van der Waals surface area contributed by atoms with Gasteiger partial charge in [-0.25, -0.2) is 0 Å². The van der Waals surface area contributed by atoms with Gasteiger partial charge in [-0.2, -0.15) is 0 Å². The molecule has 4 nitrogen and oxygen atoms in total. The molecule has 3 atom stereocenters. The summed E-state index contributed by atoms with van der Waals surface area (Å²) in [5, 5.41) is 12.7.